The maximum Gasteiger partial charge on any atom is 0.242 e. The molecule has 1 N–H and O–H groups in total. The zero-order chi connectivity index (χ0) is 21.4. The molecule has 0 aromatic heterocycles. The first kappa shape index (κ1) is 23.0. The molecule has 2 amide bonds. The predicted octanol–water partition coefficient (Wildman–Crippen LogP) is 4.73. The molecule has 0 saturated carbocycles. The van der Waals surface area contributed by atoms with Gasteiger partial charge in [-0.25, -0.2) is 0 Å². The Kier molecular flexibility index (Phi) is 8.77. The van der Waals surface area contributed by atoms with E-state index in [4.69, 9.17) is 0 Å². The number of aryl methyl sites for hydroxylation is 2. The SMILES string of the molecule is CC[C@H](C)NC(=O)[C@@H](C)N(Cc1ccc(C)cc1)C(=O)CSc1ccc(C)cc1. The Balaban J connectivity index is 2.13. The average molecular weight is 413 g/mol. The van der Waals surface area contributed by atoms with E-state index in [9.17, 15) is 9.59 Å². The van der Waals surface area contributed by atoms with E-state index in [-0.39, 0.29) is 17.9 Å². The van der Waals surface area contributed by atoms with Gasteiger partial charge in [0.25, 0.3) is 0 Å². The molecule has 2 atom stereocenters. The van der Waals surface area contributed by atoms with Crippen LogP contribution >= 0.6 is 11.8 Å². The molecular weight excluding hydrogens is 380 g/mol. The number of carbonyl (C=O) groups excluding carboxylic acids is 2. The average Bonchev–Trinajstić information content (AvgIpc) is 2.72. The van der Waals surface area contributed by atoms with Crippen LogP contribution in [0.2, 0.25) is 0 Å². The minimum absolute atomic E-state index is 0.0389. The smallest absolute Gasteiger partial charge is 0.242 e. The first-order valence-electron chi connectivity index (χ1n) is 10.1. The summed E-state index contributed by atoms with van der Waals surface area (Å²) in [5.74, 6) is 0.152. The molecule has 0 fully saturated rings. The van der Waals surface area contributed by atoms with Crippen LogP contribution in [0, 0.1) is 13.8 Å². The third-order valence-electron chi connectivity index (χ3n) is 5.03. The van der Waals surface area contributed by atoms with Gasteiger partial charge in [-0.2, -0.15) is 0 Å². The van der Waals surface area contributed by atoms with Crippen molar-refractivity contribution in [2.45, 2.75) is 64.6 Å². The summed E-state index contributed by atoms with van der Waals surface area (Å²) in [6, 6.07) is 15.8. The summed E-state index contributed by atoms with van der Waals surface area (Å²) >= 11 is 1.50. The quantitative estimate of drug-likeness (QED) is 0.606. The molecule has 4 nitrogen and oxygen atoms in total. The Hall–Kier alpha value is -2.27. The highest BCUT2D eigenvalue weighted by Gasteiger charge is 2.26. The van der Waals surface area contributed by atoms with E-state index in [1.807, 2.05) is 76.2 Å². The predicted molar refractivity (Wildman–Crippen MR) is 121 cm³/mol. The molecule has 2 aromatic carbocycles. The van der Waals surface area contributed by atoms with Crippen LogP contribution in [-0.2, 0) is 16.1 Å². The van der Waals surface area contributed by atoms with E-state index in [0.717, 1.165) is 16.9 Å². The van der Waals surface area contributed by atoms with Crippen molar-refractivity contribution in [3.8, 4) is 0 Å². The Bertz CT molecular complexity index is 803. The van der Waals surface area contributed by atoms with Crippen LogP contribution < -0.4 is 5.32 Å². The Labute approximate surface area is 179 Å². The van der Waals surface area contributed by atoms with Gasteiger partial charge in [0.15, 0.2) is 0 Å². The number of nitrogens with one attached hydrogen (secondary N) is 1. The van der Waals surface area contributed by atoms with Crippen molar-refractivity contribution in [2.24, 2.45) is 0 Å². The zero-order valence-corrected chi connectivity index (χ0v) is 18.9. The summed E-state index contributed by atoms with van der Waals surface area (Å²) in [6.45, 7) is 10.3. The van der Waals surface area contributed by atoms with Crippen molar-refractivity contribution in [3.63, 3.8) is 0 Å². The summed E-state index contributed by atoms with van der Waals surface area (Å²) in [4.78, 5) is 28.5. The van der Waals surface area contributed by atoms with Gasteiger partial charge >= 0.3 is 0 Å². The van der Waals surface area contributed by atoms with Crippen LogP contribution in [0.1, 0.15) is 43.9 Å². The van der Waals surface area contributed by atoms with Crippen molar-refractivity contribution in [1.29, 1.82) is 0 Å². The fourth-order valence-corrected chi connectivity index (χ4v) is 3.59. The lowest BCUT2D eigenvalue weighted by Gasteiger charge is -2.29. The van der Waals surface area contributed by atoms with Crippen LogP contribution in [0.25, 0.3) is 0 Å². The van der Waals surface area contributed by atoms with Crippen LogP contribution in [0.3, 0.4) is 0 Å². The van der Waals surface area contributed by atoms with Gasteiger partial charge in [0.05, 0.1) is 5.75 Å². The number of hydrogen-bond acceptors (Lipinski definition) is 3. The van der Waals surface area contributed by atoms with E-state index in [0.29, 0.717) is 12.3 Å². The fourth-order valence-electron chi connectivity index (χ4n) is 2.80. The number of thioether (sulfide) groups is 1. The Morgan fingerprint density at radius 1 is 0.966 bits per heavy atom. The van der Waals surface area contributed by atoms with Crippen molar-refractivity contribution >= 4 is 23.6 Å². The summed E-state index contributed by atoms with van der Waals surface area (Å²) in [7, 11) is 0. The molecule has 0 aliphatic carbocycles. The van der Waals surface area contributed by atoms with Crippen molar-refractivity contribution in [2.75, 3.05) is 5.75 Å². The molecule has 0 heterocycles. The molecule has 0 aliphatic heterocycles. The van der Waals surface area contributed by atoms with Gasteiger partial charge in [-0.15, -0.1) is 11.8 Å². The molecule has 0 radical (unpaired) electrons. The molecule has 29 heavy (non-hydrogen) atoms. The highest BCUT2D eigenvalue weighted by Crippen LogP contribution is 2.20. The summed E-state index contributed by atoms with van der Waals surface area (Å²) < 4.78 is 0. The number of carbonyl (C=O) groups is 2. The zero-order valence-electron chi connectivity index (χ0n) is 18.1. The minimum Gasteiger partial charge on any atom is -0.352 e. The normalized spacial score (nSPS) is 12.9. The topological polar surface area (TPSA) is 49.4 Å². The van der Waals surface area contributed by atoms with Gasteiger partial charge in [0, 0.05) is 17.5 Å². The number of benzene rings is 2. The fraction of sp³-hybridized carbons (Fsp3) is 0.417. The monoisotopic (exact) mass is 412 g/mol. The summed E-state index contributed by atoms with van der Waals surface area (Å²) in [5, 5.41) is 3.00. The molecule has 0 unspecified atom stereocenters. The Morgan fingerprint density at radius 2 is 1.52 bits per heavy atom. The highest BCUT2D eigenvalue weighted by atomic mass is 32.2. The molecule has 2 rings (SSSR count). The largest absolute Gasteiger partial charge is 0.352 e. The molecule has 5 heteroatoms. The van der Waals surface area contributed by atoms with Crippen molar-refractivity contribution < 1.29 is 9.59 Å². The third-order valence-corrected chi connectivity index (χ3v) is 6.02. The molecule has 0 bridgehead atoms. The second kappa shape index (κ2) is 11.1. The lowest BCUT2D eigenvalue weighted by atomic mass is 10.1. The lowest BCUT2D eigenvalue weighted by molar-refractivity contribution is -0.138. The second-order valence-electron chi connectivity index (χ2n) is 7.60. The molecule has 156 valence electrons. The second-order valence-corrected chi connectivity index (χ2v) is 8.65. The number of nitrogens with zero attached hydrogens (tertiary/aromatic N) is 1. The molecule has 2 aromatic rings. The van der Waals surface area contributed by atoms with E-state index < -0.39 is 6.04 Å². The van der Waals surface area contributed by atoms with Crippen LogP contribution in [-0.4, -0.2) is 34.6 Å². The van der Waals surface area contributed by atoms with Crippen molar-refractivity contribution in [3.05, 3.63) is 65.2 Å². The maximum atomic E-state index is 13.1. The van der Waals surface area contributed by atoms with E-state index in [1.165, 1.54) is 22.9 Å². The van der Waals surface area contributed by atoms with Crippen LogP contribution in [0.5, 0.6) is 0 Å². The third kappa shape index (κ3) is 7.24. The molecule has 0 saturated heterocycles. The molecule has 0 spiro atoms. The number of rotatable bonds is 9. The standard InChI is InChI=1S/C24H32N2O2S/c1-6-19(4)25-24(28)20(5)26(15-21-11-7-17(2)8-12-21)23(27)16-29-22-13-9-18(3)10-14-22/h7-14,19-20H,6,15-16H2,1-5H3,(H,25,28)/t19-,20+/m0/s1. The van der Waals surface area contributed by atoms with Crippen molar-refractivity contribution in [1.82, 2.24) is 10.2 Å². The first-order chi connectivity index (χ1) is 13.8. The summed E-state index contributed by atoms with van der Waals surface area (Å²) in [5.41, 5.74) is 3.38. The van der Waals surface area contributed by atoms with E-state index in [2.05, 4.69) is 5.32 Å². The van der Waals surface area contributed by atoms with Crippen LogP contribution in [0.15, 0.2) is 53.4 Å². The highest BCUT2D eigenvalue weighted by molar-refractivity contribution is 8.00. The van der Waals surface area contributed by atoms with Gasteiger partial charge in [0.1, 0.15) is 6.04 Å². The minimum atomic E-state index is -0.531. The first-order valence-corrected chi connectivity index (χ1v) is 11.1. The van der Waals surface area contributed by atoms with Crippen LogP contribution in [0.4, 0.5) is 0 Å². The lowest BCUT2D eigenvalue weighted by Crippen LogP contribution is -2.50. The molecule has 0 aliphatic rings. The summed E-state index contributed by atoms with van der Waals surface area (Å²) in [6.07, 6.45) is 0.855. The maximum absolute atomic E-state index is 13.1. The van der Waals surface area contributed by atoms with Gasteiger partial charge in [0.2, 0.25) is 11.8 Å². The Morgan fingerprint density at radius 3 is 2.07 bits per heavy atom. The van der Waals surface area contributed by atoms with E-state index in [1.54, 1.807) is 11.8 Å². The van der Waals surface area contributed by atoms with Gasteiger partial charge in [-0.3, -0.25) is 9.59 Å². The number of hydrogen-bond donors (Lipinski definition) is 1. The van der Waals surface area contributed by atoms with Gasteiger partial charge in [-0.1, -0.05) is 54.4 Å². The van der Waals surface area contributed by atoms with Gasteiger partial charge < -0.3 is 10.2 Å². The number of amides is 2. The van der Waals surface area contributed by atoms with E-state index >= 15 is 0 Å². The van der Waals surface area contributed by atoms with Gasteiger partial charge in [-0.05, 0) is 51.8 Å². The molecular formula is C24H32N2O2S.